The van der Waals surface area contributed by atoms with E-state index in [0.29, 0.717) is 25.1 Å². The van der Waals surface area contributed by atoms with Gasteiger partial charge >= 0.3 is 0 Å². The molecule has 0 aliphatic carbocycles. The number of aliphatic hydroxyl groups excluding tert-OH is 1. The normalized spacial score (nSPS) is 12.5. The van der Waals surface area contributed by atoms with Crippen molar-refractivity contribution < 1.29 is 14.6 Å². The molecule has 3 aromatic rings. The summed E-state index contributed by atoms with van der Waals surface area (Å²) in [6, 6.07) is 20.8. The van der Waals surface area contributed by atoms with E-state index in [1.54, 1.807) is 19.4 Å². The molecule has 37 heavy (non-hydrogen) atoms. The first-order chi connectivity index (χ1) is 18.0. The first kappa shape index (κ1) is 28.2. The van der Waals surface area contributed by atoms with Crippen LogP contribution < -0.4 is 20.3 Å². The van der Waals surface area contributed by atoms with Crippen molar-refractivity contribution in [1.82, 2.24) is 15.6 Å². The Morgan fingerprint density at radius 1 is 1.00 bits per heavy atom. The lowest BCUT2D eigenvalue weighted by molar-refractivity contribution is 0.0830. The number of aliphatic hydroxyl groups is 1. The predicted octanol–water partition coefficient (Wildman–Crippen LogP) is 4.21. The number of nitrogens with one attached hydrogen (secondary N) is 2. The zero-order chi connectivity index (χ0) is 26.5. The number of carbonyl (C=O) groups excluding carboxylic acids is 1. The Balaban J connectivity index is 1.70. The lowest BCUT2D eigenvalue weighted by Crippen LogP contribution is -2.48. The van der Waals surface area contributed by atoms with Crippen molar-refractivity contribution in [3.8, 4) is 5.75 Å². The van der Waals surface area contributed by atoms with E-state index in [2.05, 4.69) is 34.4 Å². The summed E-state index contributed by atoms with van der Waals surface area (Å²) in [7, 11) is 1.64. The van der Waals surface area contributed by atoms with E-state index in [-0.39, 0.29) is 5.91 Å². The Kier molecular flexibility index (Phi) is 11.4. The number of ether oxygens (including phenoxy) is 1. The number of aromatic nitrogens is 1. The maximum Gasteiger partial charge on any atom is 0.251 e. The van der Waals surface area contributed by atoms with Gasteiger partial charge in [0.15, 0.2) is 0 Å². The minimum absolute atomic E-state index is 0.218. The van der Waals surface area contributed by atoms with Crippen LogP contribution in [0.2, 0.25) is 0 Å². The Bertz CT molecular complexity index is 1090. The first-order valence-corrected chi connectivity index (χ1v) is 13.1. The molecule has 0 spiro atoms. The molecule has 3 N–H and O–H groups in total. The average molecular weight is 505 g/mol. The molecular formula is C30H40N4O3. The van der Waals surface area contributed by atoms with E-state index >= 15 is 0 Å². The van der Waals surface area contributed by atoms with Gasteiger partial charge in [-0.2, -0.15) is 0 Å². The van der Waals surface area contributed by atoms with Gasteiger partial charge in [-0.3, -0.25) is 4.79 Å². The standard InChI is InChI=1S/C30H40N4O3/c1-4-16-34(17-5-2)29-20-25(14-15-32-29)30(36)33-27(19-23-10-7-6-8-11-23)28(35)22-31-21-24-12-9-13-26(18-24)37-3/h6-15,18,20,27-28,31,35H,4-5,16-17,19,21-22H2,1-3H3,(H,33,36)/t27-,28+/m0/s1. The van der Waals surface area contributed by atoms with Crippen LogP contribution in [0, 0.1) is 0 Å². The van der Waals surface area contributed by atoms with Crippen LogP contribution in [0.15, 0.2) is 72.9 Å². The fourth-order valence-corrected chi connectivity index (χ4v) is 4.31. The van der Waals surface area contributed by atoms with E-state index in [4.69, 9.17) is 4.74 Å². The second-order valence-corrected chi connectivity index (χ2v) is 9.21. The summed E-state index contributed by atoms with van der Waals surface area (Å²) in [5, 5.41) is 17.5. The van der Waals surface area contributed by atoms with E-state index < -0.39 is 12.1 Å². The number of nitrogens with zero attached hydrogens (tertiary/aromatic N) is 2. The minimum atomic E-state index is -0.784. The van der Waals surface area contributed by atoms with Crippen LogP contribution in [0.5, 0.6) is 5.75 Å². The fraction of sp³-hybridized carbons (Fsp3) is 0.400. The molecule has 0 saturated heterocycles. The van der Waals surface area contributed by atoms with Crippen molar-refractivity contribution in [1.29, 1.82) is 0 Å². The zero-order valence-electron chi connectivity index (χ0n) is 22.2. The van der Waals surface area contributed by atoms with Crippen LogP contribution in [0.25, 0.3) is 0 Å². The van der Waals surface area contributed by atoms with Crippen LogP contribution >= 0.6 is 0 Å². The highest BCUT2D eigenvalue weighted by molar-refractivity contribution is 5.95. The maximum absolute atomic E-state index is 13.3. The minimum Gasteiger partial charge on any atom is -0.497 e. The molecule has 0 saturated carbocycles. The Labute approximate surface area is 220 Å². The van der Waals surface area contributed by atoms with Gasteiger partial charge in [0, 0.05) is 37.9 Å². The summed E-state index contributed by atoms with van der Waals surface area (Å²) < 4.78 is 5.29. The highest BCUT2D eigenvalue weighted by Crippen LogP contribution is 2.16. The van der Waals surface area contributed by atoms with Gasteiger partial charge < -0.3 is 25.4 Å². The van der Waals surface area contributed by atoms with E-state index in [9.17, 15) is 9.90 Å². The Morgan fingerprint density at radius 3 is 2.43 bits per heavy atom. The van der Waals surface area contributed by atoms with Crippen LogP contribution in [0.4, 0.5) is 5.82 Å². The van der Waals surface area contributed by atoms with Crippen molar-refractivity contribution in [3.05, 3.63) is 89.6 Å². The molecule has 1 aromatic heterocycles. The number of rotatable bonds is 15. The summed E-state index contributed by atoms with van der Waals surface area (Å²) in [6.07, 6.45) is 3.43. The molecule has 1 heterocycles. The highest BCUT2D eigenvalue weighted by Gasteiger charge is 2.23. The lowest BCUT2D eigenvalue weighted by Gasteiger charge is -2.26. The van der Waals surface area contributed by atoms with Gasteiger partial charge in [-0.15, -0.1) is 0 Å². The third kappa shape index (κ3) is 8.88. The molecule has 0 fully saturated rings. The molecule has 1 amide bonds. The molecule has 0 radical (unpaired) electrons. The number of amides is 1. The van der Waals surface area contributed by atoms with Crippen molar-refractivity contribution >= 4 is 11.7 Å². The topological polar surface area (TPSA) is 86.7 Å². The van der Waals surface area contributed by atoms with E-state index in [1.807, 2.05) is 60.7 Å². The zero-order valence-corrected chi connectivity index (χ0v) is 22.2. The summed E-state index contributed by atoms with van der Waals surface area (Å²) in [6.45, 7) is 6.96. The van der Waals surface area contributed by atoms with Crippen molar-refractivity contribution in [3.63, 3.8) is 0 Å². The summed E-state index contributed by atoms with van der Waals surface area (Å²) in [5.41, 5.74) is 2.65. The van der Waals surface area contributed by atoms with Gasteiger partial charge in [0.1, 0.15) is 11.6 Å². The third-order valence-corrected chi connectivity index (χ3v) is 6.21. The fourth-order valence-electron chi connectivity index (χ4n) is 4.31. The Hall–Kier alpha value is -3.42. The molecule has 7 heteroatoms. The van der Waals surface area contributed by atoms with Gasteiger partial charge in [-0.25, -0.2) is 4.98 Å². The monoisotopic (exact) mass is 504 g/mol. The molecule has 3 rings (SSSR count). The van der Waals surface area contributed by atoms with Gasteiger partial charge in [0.2, 0.25) is 0 Å². The molecule has 0 aliphatic rings. The largest absolute Gasteiger partial charge is 0.497 e. The van der Waals surface area contributed by atoms with Gasteiger partial charge in [-0.1, -0.05) is 56.3 Å². The summed E-state index contributed by atoms with van der Waals surface area (Å²) in [4.78, 5) is 20.0. The quantitative estimate of drug-likeness (QED) is 0.288. The molecule has 0 unspecified atom stereocenters. The Morgan fingerprint density at radius 2 is 1.73 bits per heavy atom. The molecule has 7 nitrogen and oxygen atoms in total. The average Bonchev–Trinajstić information content (AvgIpc) is 2.93. The third-order valence-electron chi connectivity index (χ3n) is 6.21. The van der Waals surface area contributed by atoms with Crippen LogP contribution in [0.3, 0.4) is 0 Å². The number of carbonyl (C=O) groups is 1. The number of pyridine rings is 1. The molecular weight excluding hydrogens is 464 g/mol. The van der Waals surface area contributed by atoms with Crippen molar-refractivity contribution in [2.24, 2.45) is 0 Å². The molecule has 0 bridgehead atoms. The maximum atomic E-state index is 13.3. The number of hydrogen-bond acceptors (Lipinski definition) is 6. The highest BCUT2D eigenvalue weighted by atomic mass is 16.5. The predicted molar refractivity (Wildman–Crippen MR) is 149 cm³/mol. The lowest BCUT2D eigenvalue weighted by atomic mass is 10.0. The first-order valence-electron chi connectivity index (χ1n) is 13.1. The number of hydrogen-bond donors (Lipinski definition) is 3. The molecule has 2 aromatic carbocycles. The van der Waals surface area contributed by atoms with E-state index in [1.165, 1.54) is 0 Å². The van der Waals surface area contributed by atoms with Crippen LogP contribution in [-0.4, -0.2) is 54.9 Å². The number of anilines is 1. The SMILES string of the molecule is CCCN(CCC)c1cc(C(=O)N[C@@H](Cc2ccccc2)[C@H](O)CNCc2cccc(OC)c2)ccn1. The van der Waals surface area contributed by atoms with Crippen molar-refractivity contribution in [2.75, 3.05) is 31.6 Å². The smallest absolute Gasteiger partial charge is 0.251 e. The van der Waals surface area contributed by atoms with E-state index in [0.717, 1.165) is 48.6 Å². The second kappa shape index (κ2) is 15.0. The number of methoxy groups -OCH3 is 1. The molecule has 0 aliphatic heterocycles. The van der Waals surface area contributed by atoms with Gasteiger partial charge in [-0.05, 0) is 54.7 Å². The summed E-state index contributed by atoms with van der Waals surface area (Å²) in [5.74, 6) is 1.38. The number of benzene rings is 2. The van der Waals surface area contributed by atoms with Crippen molar-refractivity contribution in [2.45, 2.75) is 51.8 Å². The summed E-state index contributed by atoms with van der Waals surface area (Å²) >= 11 is 0. The second-order valence-electron chi connectivity index (χ2n) is 9.21. The van der Waals surface area contributed by atoms with Crippen LogP contribution in [-0.2, 0) is 13.0 Å². The van der Waals surface area contributed by atoms with Gasteiger partial charge in [0.25, 0.3) is 5.91 Å². The molecule has 2 atom stereocenters. The van der Waals surface area contributed by atoms with Crippen LogP contribution in [0.1, 0.15) is 48.2 Å². The molecule has 198 valence electrons. The van der Waals surface area contributed by atoms with Gasteiger partial charge in [0.05, 0.1) is 19.3 Å².